The fraction of sp³-hybridized carbons (Fsp3) is 0.318. The number of nitrogens with zero attached hydrogens (tertiary/aromatic N) is 3. The first-order valence-electron chi connectivity index (χ1n) is 9.93. The van der Waals surface area contributed by atoms with Crippen molar-refractivity contribution in [3.63, 3.8) is 0 Å². The second kappa shape index (κ2) is 10.5. The number of rotatable bonds is 9. The Hall–Kier alpha value is -2.51. The zero-order valence-electron chi connectivity index (χ0n) is 17.3. The molecule has 30 heavy (non-hydrogen) atoms. The summed E-state index contributed by atoms with van der Waals surface area (Å²) >= 11 is 7.80. The first kappa shape index (κ1) is 22.2. The number of carbonyl (C=O) groups is 1. The Balaban J connectivity index is 2.01. The van der Waals surface area contributed by atoms with E-state index in [-0.39, 0.29) is 11.2 Å². The van der Waals surface area contributed by atoms with E-state index in [4.69, 9.17) is 16.3 Å². The monoisotopic (exact) mass is 444 g/mol. The van der Waals surface area contributed by atoms with E-state index in [2.05, 4.69) is 15.5 Å². The highest BCUT2D eigenvalue weighted by molar-refractivity contribution is 8.00. The SMILES string of the molecule is CCCNC(=O)C(C)Sc1nnc(-c2ccccc2Cl)n1-c1ccc(OCC)cc1. The van der Waals surface area contributed by atoms with Gasteiger partial charge in [-0.25, -0.2) is 0 Å². The standard InChI is InChI=1S/C22H25ClN4O2S/c1-4-14-24-21(28)15(3)30-22-26-25-20(18-8-6-7-9-19(18)23)27(22)16-10-12-17(13-11-16)29-5-2/h6-13,15H,4-5,14H2,1-3H3,(H,24,28). The minimum Gasteiger partial charge on any atom is -0.494 e. The molecule has 1 unspecified atom stereocenters. The summed E-state index contributed by atoms with van der Waals surface area (Å²) in [7, 11) is 0. The lowest BCUT2D eigenvalue weighted by Gasteiger charge is -2.14. The highest BCUT2D eigenvalue weighted by Gasteiger charge is 2.22. The average Bonchev–Trinajstić information content (AvgIpc) is 3.16. The number of halogens is 1. The first-order valence-corrected chi connectivity index (χ1v) is 11.2. The maximum Gasteiger partial charge on any atom is 0.233 e. The lowest BCUT2D eigenvalue weighted by molar-refractivity contribution is -0.120. The molecule has 3 rings (SSSR count). The molecule has 158 valence electrons. The van der Waals surface area contributed by atoms with E-state index in [0.717, 1.165) is 23.4 Å². The fourth-order valence-corrected chi connectivity index (χ4v) is 3.97. The van der Waals surface area contributed by atoms with Crippen LogP contribution in [0.1, 0.15) is 27.2 Å². The molecular weight excluding hydrogens is 420 g/mol. The number of hydrogen-bond acceptors (Lipinski definition) is 5. The Kier molecular flexibility index (Phi) is 7.76. The van der Waals surface area contributed by atoms with Crippen LogP contribution in [0.4, 0.5) is 0 Å². The highest BCUT2D eigenvalue weighted by atomic mass is 35.5. The van der Waals surface area contributed by atoms with Gasteiger partial charge in [-0.3, -0.25) is 9.36 Å². The van der Waals surface area contributed by atoms with E-state index < -0.39 is 0 Å². The third-order valence-electron chi connectivity index (χ3n) is 4.35. The lowest BCUT2D eigenvalue weighted by atomic mass is 10.2. The van der Waals surface area contributed by atoms with Gasteiger partial charge < -0.3 is 10.1 Å². The van der Waals surface area contributed by atoms with Crippen LogP contribution in [0.5, 0.6) is 5.75 Å². The first-order chi connectivity index (χ1) is 14.5. The number of ether oxygens (including phenoxy) is 1. The normalized spacial score (nSPS) is 11.9. The van der Waals surface area contributed by atoms with Crippen LogP contribution in [0.15, 0.2) is 53.7 Å². The number of amides is 1. The lowest BCUT2D eigenvalue weighted by Crippen LogP contribution is -2.31. The molecule has 1 atom stereocenters. The number of carbonyl (C=O) groups excluding carboxylic acids is 1. The summed E-state index contributed by atoms with van der Waals surface area (Å²) in [5.74, 6) is 1.38. The van der Waals surface area contributed by atoms with Crippen LogP contribution in [0, 0.1) is 0 Å². The fourth-order valence-electron chi connectivity index (χ4n) is 2.86. The molecule has 0 saturated carbocycles. The number of hydrogen-bond donors (Lipinski definition) is 1. The molecule has 8 heteroatoms. The van der Waals surface area contributed by atoms with Crippen molar-refractivity contribution in [3.8, 4) is 22.8 Å². The Morgan fingerprint density at radius 1 is 1.17 bits per heavy atom. The molecule has 0 spiro atoms. The molecule has 0 aliphatic heterocycles. The summed E-state index contributed by atoms with van der Waals surface area (Å²) in [4.78, 5) is 12.4. The molecule has 1 aromatic heterocycles. The van der Waals surface area contributed by atoms with Crippen molar-refractivity contribution in [2.24, 2.45) is 0 Å². The molecule has 1 heterocycles. The van der Waals surface area contributed by atoms with Gasteiger partial charge in [0.25, 0.3) is 0 Å². The van der Waals surface area contributed by atoms with E-state index in [0.29, 0.717) is 29.2 Å². The Labute approximate surface area is 186 Å². The molecule has 0 radical (unpaired) electrons. The summed E-state index contributed by atoms with van der Waals surface area (Å²) in [5, 5.41) is 12.6. The van der Waals surface area contributed by atoms with Crippen molar-refractivity contribution in [1.29, 1.82) is 0 Å². The van der Waals surface area contributed by atoms with Crippen molar-refractivity contribution in [3.05, 3.63) is 53.6 Å². The minimum absolute atomic E-state index is 0.0256. The zero-order valence-corrected chi connectivity index (χ0v) is 18.8. The Morgan fingerprint density at radius 2 is 1.90 bits per heavy atom. The summed E-state index contributed by atoms with van der Waals surface area (Å²) < 4.78 is 7.48. The van der Waals surface area contributed by atoms with Gasteiger partial charge in [-0.05, 0) is 56.7 Å². The number of benzene rings is 2. The molecule has 6 nitrogen and oxygen atoms in total. The third-order valence-corrected chi connectivity index (χ3v) is 5.73. The van der Waals surface area contributed by atoms with Crippen LogP contribution in [0.3, 0.4) is 0 Å². The summed E-state index contributed by atoms with van der Waals surface area (Å²) in [6.07, 6.45) is 0.891. The zero-order chi connectivity index (χ0) is 21.5. The van der Waals surface area contributed by atoms with Crippen LogP contribution >= 0.6 is 23.4 Å². The minimum atomic E-state index is -0.318. The van der Waals surface area contributed by atoms with E-state index >= 15 is 0 Å². The molecule has 0 aliphatic rings. The number of aromatic nitrogens is 3. The van der Waals surface area contributed by atoms with Gasteiger partial charge in [-0.1, -0.05) is 42.4 Å². The molecule has 0 saturated heterocycles. The van der Waals surface area contributed by atoms with Gasteiger partial charge in [0, 0.05) is 17.8 Å². The maximum atomic E-state index is 12.4. The van der Waals surface area contributed by atoms with Crippen molar-refractivity contribution in [1.82, 2.24) is 20.1 Å². The van der Waals surface area contributed by atoms with Crippen molar-refractivity contribution in [2.45, 2.75) is 37.6 Å². The summed E-state index contributed by atoms with van der Waals surface area (Å²) in [6.45, 7) is 7.09. The number of thioether (sulfide) groups is 1. The van der Waals surface area contributed by atoms with Gasteiger partial charge >= 0.3 is 0 Å². The smallest absolute Gasteiger partial charge is 0.233 e. The van der Waals surface area contributed by atoms with Crippen LogP contribution in [0.2, 0.25) is 5.02 Å². The van der Waals surface area contributed by atoms with Crippen molar-refractivity contribution in [2.75, 3.05) is 13.2 Å². The van der Waals surface area contributed by atoms with Crippen LogP contribution in [0.25, 0.3) is 17.1 Å². The largest absolute Gasteiger partial charge is 0.494 e. The molecule has 1 N–H and O–H groups in total. The predicted molar refractivity (Wildman–Crippen MR) is 122 cm³/mol. The molecule has 0 fully saturated rings. The van der Waals surface area contributed by atoms with Crippen LogP contribution in [-0.2, 0) is 4.79 Å². The molecule has 0 aliphatic carbocycles. The van der Waals surface area contributed by atoms with Gasteiger partial charge in [0.05, 0.1) is 16.9 Å². The Morgan fingerprint density at radius 3 is 2.57 bits per heavy atom. The second-order valence-electron chi connectivity index (χ2n) is 6.60. The van der Waals surface area contributed by atoms with Crippen molar-refractivity contribution >= 4 is 29.3 Å². The van der Waals surface area contributed by atoms with E-state index in [1.54, 1.807) is 0 Å². The summed E-state index contributed by atoms with van der Waals surface area (Å²) in [6, 6.07) is 15.2. The molecule has 0 bridgehead atoms. The number of nitrogens with one attached hydrogen (secondary N) is 1. The molecule has 3 aromatic rings. The van der Waals surface area contributed by atoms with E-state index in [1.807, 2.05) is 73.9 Å². The highest BCUT2D eigenvalue weighted by Crippen LogP contribution is 2.33. The van der Waals surface area contributed by atoms with Gasteiger partial charge in [0.2, 0.25) is 5.91 Å². The molecular formula is C22H25ClN4O2S. The van der Waals surface area contributed by atoms with E-state index in [1.165, 1.54) is 11.8 Å². The van der Waals surface area contributed by atoms with Crippen LogP contribution < -0.4 is 10.1 Å². The quantitative estimate of drug-likeness (QED) is 0.470. The van der Waals surface area contributed by atoms with Gasteiger partial charge in [0.15, 0.2) is 11.0 Å². The third kappa shape index (κ3) is 5.15. The van der Waals surface area contributed by atoms with Gasteiger partial charge in [-0.2, -0.15) is 0 Å². The van der Waals surface area contributed by atoms with Crippen molar-refractivity contribution < 1.29 is 9.53 Å². The van der Waals surface area contributed by atoms with Gasteiger partial charge in [0.1, 0.15) is 5.75 Å². The predicted octanol–water partition coefficient (Wildman–Crippen LogP) is 4.99. The maximum absolute atomic E-state index is 12.4. The molecule has 1 amide bonds. The second-order valence-corrected chi connectivity index (χ2v) is 8.31. The molecule has 2 aromatic carbocycles. The Bertz CT molecular complexity index is 991. The van der Waals surface area contributed by atoms with Crippen LogP contribution in [-0.4, -0.2) is 39.1 Å². The summed E-state index contributed by atoms with van der Waals surface area (Å²) in [5.41, 5.74) is 1.64. The van der Waals surface area contributed by atoms with E-state index in [9.17, 15) is 4.79 Å². The topological polar surface area (TPSA) is 69.0 Å². The average molecular weight is 445 g/mol. The van der Waals surface area contributed by atoms with Gasteiger partial charge in [-0.15, -0.1) is 10.2 Å².